The van der Waals surface area contributed by atoms with Gasteiger partial charge in [-0.2, -0.15) is 0 Å². The van der Waals surface area contributed by atoms with E-state index >= 15 is 0 Å². The van der Waals surface area contributed by atoms with Crippen LogP contribution in [-0.4, -0.2) is 8.97 Å². The predicted octanol–water partition coefficient (Wildman–Crippen LogP) is 9.40. The monoisotopic (exact) mass is 538 g/mol. The molecule has 8 rings (SSSR count). The Morgan fingerprint density at radius 2 is 0.905 bits per heavy atom. The summed E-state index contributed by atoms with van der Waals surface area (Å²) in [4.78, 5) is 14.8. The fourth-order valence-electron chi connectivity index (χ4n) is 6.20. The van der Waals surface area contributed by atoms with Crippen molar-refractivity contribution in [1.29, 1.82) is 0 Å². The zero-order valence-corrected chi connectivity index (χ0v) is 22.8. The molecule has 2 heterocycles. The second-order valence-electron chi connectivity index (χ2n) is 10.6. The van der Waals surface area contributed by atoms with E-state index in [4.69, 9.17) is 0 Å². The highest BCUT2D eigenvalue weighted by molar-refractivity contribution is 6.09. The maximum absolute atomic E-state index is 14.8. The van der Waals surface area contributed by atoms with Crippen LogP contribution >= 0.6 is 0 Å². The second kappa shape index (κ2) is 9.76. The summed E-state index contributed by atoms with van der Waals surface area (Å²) in [6, 6.07) is 54.0. The molecule has 3 nitrogen and oxygen atoms in total. The quantitative estimate of drug-likeness (QED) is 0.219. The number of hydrogen-bond donors (Lipinski definition) is 0. The molecule has 3 heteroatoms. The number of aromatic nitrogens is 2. The molecule has 0 bridgehead atoms. The van der Waals surface area contributed by atoms with Crippen molar-refractivity contribution >= 4 is 27.5 Å². The normalized spacial score (nSPS) is 11.4. The van der Waals surface area contributed by atoms with Gasteiger partial charge in [0, 0.05) is 16.6 Å². The van der Waals surface area contributed by atoms with Gasteiger partial charge in [-0.25, -0.2) is 0 Å². The molecule has 0 unspecified atom stereocenters. The molecule has 198 valence electrons. The van der Waals surface area contributed by atoms with Crippen molar-refractivity contribution in [1.82, 2.24) is 8.97 Å². The number of nitrogens with zero attached hydrogens (tertiary/aromatic N) is 2. The van der Waals surface area contributed by atoms with E-state index in [9.17, 15) is 4.79 Å². The predicted molar refractivity (Wildman–Crippen MR) is 174 cm³/mol. The molecule has 6 aromatic carbocycles. The van der Waals surface area contributed by atoms with E-state index in [1.54, 1.807) is 0 Å². The molecule has 0 fully saturated rings. The highest BCUT2D eigenvalue weighted by Crippen LogP contribution is 2.39. The first-order valence-electron chi connectivity index (χ1n) is 14.2. The summed E-state index contributed by atoms with van der Waals surface area (Å²) in [5.74, 6) is 0. The van der Waals surface area contributed by atoms with Crippen LogP contribution in [0.3, 0.4) is 0 Å². The lowest BCUT2D eigenvalue weighted by atomic mass is 9.99. The Hall–Kier alpha value is -5.67. The zero-order chi connectivity index (χ0) is 28.0. The van der Waals surface area contributed by atoms with Crippen LogP contribution in [0, 0.1) is 0 Å². The second-order valence-corrected chi connectivity index (χ2v) is 10.6. The van der Waals surface area contributed by atoms with E-state index in [1.165, 1.54) is 0 Å². The molecule has 0 aliphatic rings. The van der Waals surface area contributed by atoms with Crippen molar-refractivity contribution in [3.63, 3.8) is 0 Å². The van der Waals surface area contributed by atoms with Crippen molar-refractivity contribution in [2.24, 2.45) is 0 Å². The van der Waals surface area contributed by atoms with E-state index in [2.05, 4.69) is 101 Å². The highest BCUT2D eigenvalue weighted by Gasteiger charge is 2.22. The van der Waals surface area contributed by atoms with E-state index in [0.29, 0.717) is 5.52 Å². The number of rotatable bonds is 4. The van der Waals surface area contributed by atoms with E-state index in [0.717, 1.165) is 61.0 Å². The van der Waals surface area contributed by atoms with Gasteiger partial charge in [-0.1, -0.05) is 121 Å². The first-order valence-corrected chi connectivity index (χ1v) is 14.2. The first-order chi connectivity index (χ1) is 20.8. The van der Waals surface area contributed by atoms with Crippen molar-refractivity contribution < 1.29 is 0 Å². The lowest BCUT2D eigenvalue weighted by Crippen LogP contribution is -2.21. The standard InChI is InChI=1S/C39H26N2O/c42-39-38-37(29-17-9-3-10-18-29)33-25-30(27-13-5-1-6-14-27)21-23-34(33)41(38)36-26-31(28-15-7-2-8-16-28)22-24-35(36)40(39)32-19-11-4-12-20-32/h1-26H. The van der Waals surface area contributed by atoms with Crippen LogP contribution < -0.4 is 5.56 Å². The van der Waals surface area contributed by atoms with Crippen molar-refractivity contribution in [2.75, 3.05) is 0 Å². The van der Waals surface area contributed by atoms with Gasteiger partial charge in [-0.15, -0.1) is 0 Å². The minimum absolute atomic E-state index is 0.0440. The van der Waals surface area contributed by atoms with Gasteiger partial charge in [0.05, 0.1) is 16.6 Å². The van der Waals surface area contributed by atoms with E-state index < -0.39 is 0 Å². The third-order valence-electron chi connectivity index (χ3n) is 8.12. The molecule has 0 radical (unpaired) electrons. The Bertz CT molecular complexity index is 2280. The van der Waals surface area contributed by atoms with E-state index in [1.807, 2.05) is 65.2 Å². The Morgan fingerprint density at radius 1 is 0.405 bits per heavy atom. The summed E-state index contributed by atoms with van der Waals surface area (Å²) >= 11 is 0. The largest absolute Gasteiger partial charge is 0.302 e. The molecule has 0 aliphatic heterocycles. The van der Waals surface area contributed by atoms with Gasteiger partial charge in [-0.05, 0) is 64.2 Å². The highest BCUT2D eigenvalue weighted by atomic mass is 16.1. The Labute approximate surface area is 243 Å². The summed E-state index contributed by atoms with van der Waals surface area (Å²) in [6.45, 7) is 0. The van der Waals surface area contributed by atoms with Crippen LogP contribution in [0.1, 0.15) is 0 Å². The van der Waals surface area contributed by atoms with E-state index in [-0.39, 0.29) is 5.56 Å². The maximum atomic E-state index is 14.8. The van der Waals surface area contributed by atoms with Crippen LogP contribution in [0.5, 0.6) is 0 Å². The molecule has 0 amide bonds. The maximum Gasteiger partial charge on any atom is 0.280 e. The molecule has 2 aromatic heterocycles. The summed E-state index contributed by atoms with van der Waals surface area (Å²) in [6.07, 6.45) is 0. The third kappa shape index (κ3) is 3.79. The van der Waals surface area contributed by atoms with Gasteiger partial charge in [0.1, 0.15) is 5.52 Å². The molecule has 0 N–H and O–H groups in total. The molecule has 42 heavy (non-hydrogen) atoms. The molecule has 0 saturated heterocycles. The van der Waals surface area contributed by atoms with Gasteiger partial charge in [-0.3, -0.25) is 9.36 Å². The number of hydrogen-bond acceptors (Lipinski definition) is 1. The Balaban J connectivity index is 1.59. The molecule has 0 atom stereocenters. The number of benzene rings is 6. The fraction of sp³-hybridized carbons (Fsp3) is 0. The van der Waals surface area contributed by atoms with Crippen LogP contribution in [0.2, 0.25) is 0 Å². The van der Waals surface area contributed by atoms with Crippen LogP contribution in [0.25, 0.3) is 66.5 Å². The smallest absolute Gasteiger partial charge is 0.280 e. The van der Waals surface area contributed by atoms with Gasteiger partial charge < -0.3 is 4.40 Å². The summed E-state index contributed by atoms with van der Waals surface area (Å²) < 4.78 is 4.04. The first kappa shape index (κ1) is 24.2. The average molecular weight is 539 g/mol. The number of para-hydroxylation sites is 1. The molecule has 0 spiro atoms. The van der Waals surface area contributed by atoms with Crippen LogP contribution in [-0.2, 0) is 0 Å². The topological polar surface area (TPSA) is 26.4 Å². The van der Waals surface area contributed by atoms with Crippen LogP contribution in [0.15, 0.2) is 163 Å². The average Bonchev–Trinajstić information content (AvgIpc) is 3.42. The Kier molecular flexibility index (Phi) is 5.61. The lowest BCUT2D eigenvalue weighted by molar-refractivity contribution is 1.03. The molecule has 0 aliphatic carbocycles. The van der Waals surface area contributed by atoms with Gasteiger partial charge in [0.2, 0.25) is 0 Å². The van der Waals surface area contributed by atoms with Crippen LogP contribution in [0.4, 0.5) is 0 Å². The third-order valence-corrected chi connectivity index (χ3v) is 8.12. The minimum Gasteiger partial charge on any atom is -0.302 e. The number of fused-ring (bicyclic) bond motifs is 5. The molecular formula is C39H26N2O. The van der Waals surface area contributed by atoms with Crippen molar-refractivity contribution in [3.05, 3.63) is 168 Å². The summed E-state index contributed by atoms with van der Waals surface area (Å²) in [5.41, 5.74) is 10.8. The summed E-state index contributed by atoms with van der Waals surface area (Å²) in [7, 11) is 0. The molecule has 0 saturated carbocycles. The Morgan fingerprint density at radius 3 is 1.50 bits per heavy atom. The lowest BCUT2D eigenvalue weighted by Gasteiger charge is -2.15. The van der Waals surface area contributed by atoms with Crippen molar-refractivity contribution in [3.8, 4) is 39.1 Å². The summed E-state index contributed by atoms with van der Waals surface area (Å²) in [5, 5.41) is 1.05. The van der Waals surface area contributed by atoms with Gasteiger partial charge in [0.15, 0.2) is 0 Å². The SMILES string of the molecule is O=c1c2c(-c3ccccc3)c3cc(-c4ccccc4)ccc3n2c2cc(-c3ccccc3)ccc2n1-c1ccccc1. The van der Waals surface area contributed by atoms with Gasteiger partial charge in [0.25, 0.3) is 5.56 Å². The molecular weight excluding hydrogens is 512 g/mol. The molecule has 8 aromatic rings. The minimum atomic E-state index is -0.0440. The fourth-order valence-corrected chi connectivity index (χ4v) is 6.20. The zero-order valence-electron chi connectivity index (χ0n) is 22.8. The van der Waals surface area contributed by atoms with Gasteiger partial charge >= 0.3 is 0 Å². The van der Waals surface area contributed by atoms with Crippen molar-refractivity contribution in [2.45, 2.75) is 0 Å².